The van der Waals surface area contributed by atoms with Crippen molar-refractivity contribution in [2.45, 2.75) is 78.0 Å². The molecule has 0 bridgehead atoms. The van der Waals surface area contributed by atoms with Crippen molar-refractivity contribution in [1.82, 2.24) is 20.9 Å². The van der Waals surface area contributed by atoms with Crippen molar-refractivity contribution >= 4 is 40.9 Å². The first kappa shape index (κ1) is 33.5. The van der Waals surface area contributed by atoms with Crippen molar-refractivity contribution in [2.75, 3.05) is 33.3 Å². The number of amides is 3. The van der Waals surface area contributed by atoms with E-state index in [1.165, 1.54) is 7.11 Å². The van der Waals surface area contributed by atoms with E-state index in [2.05, 4.69) is 42.8 Å². The summed E-state index contributed by atoms with van der Waals surface area (Å²) in [4.78, 5) is 41.5. The zero-order valence-corrected chi connectivity index (χ0v) is 25.7. The molecule has 0 aliphatic carbocycles. The van der Waals surface area contributed by atoms with Gasteiger partial charge < -0.3 is 25.6 Å². The Balaban J connectivity index is 0.00000560. The van der Waals surface area contributed by atoms with Crippen LogP contribution in [0.15, 0.2) is 42.5 Å². The van der Waals surface area contributed by atoms with Crippen LogP contribution in [0.1, 0.15) is 59.4 Å². The molecule has 1 saturated heterocycles. The maximum absolute atomic E-state index is 13.5. The Kier molecular flexibility index (Phi) is 12.4. The Hall–Kier alpha value is -2.68. The van der Waals surface area contributed by atoms with Crippen LogP contribution in [0.3, 0.4) is 0 Å². The van der Waals surface area contributed by atoms with Gasteiger partial charge >= 0.3 is 0 Å². The van der Waals surface area contributed by atoms with Crippen LogP contribution in [0, 0.1) is 5.41 Å². The molecule has 0 spiro atoms. The molecule has 1 aliphatic rings. The van der Waals surface area contributed by atoms with E-state index in [-0.39, 0.29) is 35.5 Å². The van der Waals surface area contributed by atoms with E-state index < -0.39 is 17.7 Å². The second kappa shape index (κ2) is 14.8. The SMILES string of the molecule is COC(C)(C)C(=O)N1CCCC1C(=O)N[C@H](Cc1ccc2ccccc2c1)C(=O)NCCCNCC(C)(C)C.Cl. The number of hydrogen-bond donors (Lipinski definition) is 3. The number of carbonyl (C=O) groups is 3. The third-order valence-corrected chi connectivity index (χ3v) is 7.21. The Morgan fingerprint density at radius 2 is 1.73 bits per heavy atom. The smallest absolute Gasteiger partial charge is 0.254 e. The minimum absolute atomic E-state index is 0. The maximum Gasteiger partial charge on any atom is 0.254 e. The topological polar surface area (TPSA) is 99.8 Å². The first-order chi connectivity index (χ1) is 18.4. The lowest BCUT2D eigenvalue weighted by Crippen LogP contribution is -2.56. The van der Waals surface area contributed by atoms with Crippen molar-refractivity contribution in [1.29, 1.82) is 0 Å². The van der Waals surface area contributed by atoms with E-state index in [0.717, 1.165) is 42.3 Å². The average Bonchev–Trinajstić information content (AvgIpc) is 3.39. The second-order valence-corrected chi connectivity index (χ2v) is 12.2. The van der Waals surface area contributed by atoms with E-state index in [1.54, 1.807) is 18.7 Å². The van der Waals surface area contributed by atoms with E-state index in [9.17, 15) is 14.4 Å². The molecule has 2 atom stereocenters. The summed E-state index contributed by atoms with van der Waals surface area (Å²) in [6.07, 6.45) is 2.43. The van der Waals surface area contributed by atoms with Gasteiger partial charge in [0.05, 0.1) is 0 Å². The predicted molar refractivity (Wildman–Crippen MR) is 163 cm³/mol. The van der Waals surface area contributed by atoms with Crippen LogP contribution in [0.5, 0.6) is 0 Å². The lowest BCUT2D eigenvalue weighted by Gasteiger charge is -2.32. The summed E-state index contributed by atoms with van der Waals surface area (Å²) < 4.78 is 5.37. The molecule has 1 fully saturated rings. The lowest BCUT2D eigenvalue weighted by molar-refractivity contribution is -0.154. The molecule has 2 aromatic carbocycles. The molecule has 3 rings (SSSR count). The van der Waals surface area contributed by atoms with Crippen molar-refractivity contribution in [3.63, 3.8) is 0 Å². The largest absolute Gasteiger partial charge is 0.369 e. The normalized spacial score (nSPS) is 16.4. The number of rotatable bonds is 12. The summed E-state index contributed by atoms with van der Waals surface area (Å²) in [5.41, 5.74) is 0.138. The molecule has 8 nitrogen and oxygen atoms in total. The van der Waals surface area contributed by atoms with Gasteiger partial charge in [-0.05, 0) is 68.0 Å². The van der Waals surface area contributed by atoms with Gasteiger partial charge in [-0.2, -0.15) is 0 Å². The highest BCUT2D eigenvalue weighted by Crippen LogP contribution is 2.24. The van der Waals surface area contributed by atoms with Gasteiger partial charge in [0, 0.05) is 26.6 Å². The van der Waals surface area contributed by atoms with Gasteiger partial charge in [-0.15, -0.1) is 12.4 Å². The molecule has 0 radical (unpaired) electrons. The van der Waals surface area contributed by atoms with Gasteiger partial charge in [0.1, 0.15) is 17.7 Å². The van der Waals surface area contributed by atoms with E-state index in [1.807, 2.05) is 36.4 Å². The molecule has 0 aromatic heterocycles. The Morgan fingerprint density at radius 3 is 2.40 bits per heavy atom. The molecule has 1 unspecified atom stereocenters. The van der Waals surface area contributed by atoms with Crippen molar-refractivity contribution in [3.05, 3.63) is 48.0 Å². The predicted octanol–water partition coefficient (Wildman–Crippen LogP) is 3.85. The van der Waals surface area contributed by atoms with Crippen LogP contribution in [-0.2, 0) is 25.5 Å². The third kappa shape index (κ3) is 9.46. The van der Waals surface area contributed by atoms with Gasteiger partial charge in [0.25, 0.3) is 5.91 Å². The second-order valence-electron chi connectivity index (χ2n) is 12.2. The standard InChI is InChI=1S/C31H46N4O4.ClH/c1-30(2,3)21-32-16-10-17-33-27(36)25(20-22-14-15-23-11-7-8-12-24(23)19-22)34-28(37)26-13-9-18-35(26)29(38)31(4,5)39-6;/h7-8,11-12,14-15,19,25-26,32H,9-10,13,16-18,20-21H2,1-6H3,(H,33,36)(H,34,37);1H/t25-,26?;/m1./s1. The van der Waals surface area contributed by atoms with Gasteiger partial charge in [-0.1, -0.05) is 63.2 Å². The first-order valence-corrected chi connectivity index (χ1v) is 14.0. The van der Waals surface area contributed by atoms with E-state index in [4.69, 9.17) is 4.74 Å². The Labute approximate surface area is 245 Å². The molecule has 2 aromatic rings. The number of halogens is 1. The van der Waals surface area contributed by atoms with Gasteiger partial charge in [0.15, 0.2) is 0 Å². The van der Waals surface area contributed by atoms with Crippen molar-refractivity contribution < 1.29 is 19.1 Å². The van der Waals surface area contributed by atoms with Crippen LogP contribution in [-0.4, -0.2) is 73.6 Å². The Bertz CT molecular complexity index is 1150. The molecule has 3 amide bonds. The third-order valence-electron chi connectivity index (χ3n) is 7.21. The van der Waals surface area contributed by atoms with Crippen molar-refractivity contribution in [2.24, 2.45) is 5.41 Å². The first-order valence-electron chi connectivity index (χ1n) is 14.0. The molecular weight excluding hydrogens is 528 g/mol. The zero-order valence-electron chi connectivity index (χ0n) is 24.8. The fourth-order valence-electron chi connectivity index (χ4n) is 4.81. The van der Waals surface area contributed by atoms with Gasteiger partial charge in [-0.25, -0.2) is 0 Å². The van der Waals surface area contributed by atoms with Crippen LogP contribution in [0.4, 0.5) is 0 Å². The summed E-state index contributed by atoms with van der Waals surface area (Å²) in [6.45, 7) is 12.6. The number of fused-ring (bicyclic) bond motifs is 1. The summed E-state index contributed by atoms with van der Waals surface area (Å²) in [5, 5.41) is 11.6. The number of methoxy groups -OCH3 is 1. The minimum Gasteiger partial charge on any atom is -0.369 e. The maximum atomic E-state index is 13.5. The molecular formula is C31H47ClN4O4. The van der Waals surface area contributed by atoms with E-state index >= 15 is 0 Å². The lowest BCUT2D eigenvalue weighted by atomic mass is 9.97. The molecule has 40 heavy (non-hydrogen) atoms. The van der Waals surface area contributed by atoms with Gasteiger partial charge in [-0.3, -0.25) is 14.4 Å². The molecule has 3 N–H and O–H groups in total. The molecule has 222 valence electrons. The fraction of sp³-hybridized carbons (Fsp3) is 0.581. The fourth-order valence-corrected chi connectivity index (χ4v) is 4.81. The van der Waals surface area contributed by atoms with E-state index in [0.29, 0.717) is 25.9 Å². The zero-order chi connectivity index (χ0) is 28.6. The molecule has 0 saturated carbocycles. The molecule has 1 heterocycles. The summed E-state index contributed by atoms with van der Waals surface area (Å²) in [7, 11) is 1.49. The van der Waals surface area contributed by atoms with Gasteiger partial charge in [0.2, 0.25) is 11.8 Å². The summed E-state index contributed by atoms with van der Waals surface area (Å²) in [6, 6.07) is 12.8. The summed E-state index contributed by atoms with van der Waals surface area (Å²) >= 11 is 0. The highest BCUT2D eigenvalue weighted by Gasteiger charge is 2.41. The average molecular weight is 575 g/mol. The highest BCUT2D eigenvalue weighted by atomic mass is 35.5. The summed E-state index contributed by atoms with van der Waals surface area (Å²) in [5.74, 6) is -0.748. The number of hydrogen-bond acceptors (Lipinski definition) is 5. The number of carbonyl (C=O) groups excluding carboxylic acids is 3. The van der Waals surface area contributed by atoms with Crippen LogP contribution < -0.4 is 16.0 Å². The quantitative estimate of drug-likeness (QED) is 0.334. The van der Waals surface area contributed by atoms with Crippen molar-refractivity contribution in [3.8, 4) is 0 Å². The number of nitrogens with one attached hydrogen (secondary N) is 3. The number of nitrogens with zero attached hydrogens (tertiary/aromatic N) is 1. The Morgan fingerprint density at radius 1 is 1.02 bits per heavy atom. The highest BCUT2D eigenvalue weighted by molar-refractivity contribution is 5.94. The number of likely N-dealkylation sites (tertiary alicyclic amines) is 1. The number of ether oxygens (including phenoxy) is 1. The molecule has 9 heteroatoms. The molecule has 1 aliphatic heterocycles. The van der Waals surface area contributed by atoms with Crippen LogP contribution in [0.2, 0.25) is 0 Å². The van der Waals surface area contributed by atoms with Crippen LogP contribution in [0.25, 0.3) is 10.8 Å². The number of benzene rings is 2. The van der Waals surface area contributed by atoms with Crippen LogP contribution >= 0.6 is 12.4 Å². The monoisotopic (exact) mass is 574 g/mol. The minimum atomic E-state index is -1.02.